The highest BCUT2D eigenvalue weighted by Gasteiger charge is 2.13. The van der Waals surface area contributed by atoms with Crippen molar-refractivity contribution >= 4 is 33.3 Å². The van der Waals surface area contributed by atoms with Crippen molar-refractivity contribution in [3.8, 4) is 0 Å². The molecule has 1 unspecified atom stereocenters. The van der Waals surface area contributed by atoms with E-state index in [1.807, 2.05) is 0 Å². The van der Waals surface area contributed by atoms with Gasteiger partial charge >= 0.3 is 0 Å². The Morgan fingerprint density at radius 3 is 2.71 bits per heavy atom. The van der Waals surface area contributed by atoms with Gasteiger partial charge in [0.05, 0.1) is 5.38 Å². The van der Waals surface area contributed by atoms with E-state index in [-0.39, 0.29) is 5.78 Å². The fourth-order valence-corrected chi connectivity index (χ4v) is 1.65. The molecular weight excluding hydrogens is 270 g/mol. The smallest absolute Gasteiger partial charge is 0.180 e. The van der Waals surface area contributed by atoms with E-state index >= 15 is 0 Å². The van der Waals surface area contributed by atoms with Crippen molar-refractivity contribution in [1.82, 2.24) is 0 Å². The molecule has 1 nitrogen and oxygen atoms in total. The normalized spacial score (nSPS) is 12.6. The number of hydrogen-bond donors (Lipinski definition) is 0. The number of carbonyl (C=O) groups excluding carboxylic acids is 1. The lowest BCUT2D eigenvalue weighted by Gasteiger charge is -2.05. The van der Waals surface area contributed by atoms with Crippen LogP contribution in [0.1, 0.15) is 22.8 Å². The second-order valence-electron chi connectivity index (χ2n) is 2.92. The maximum absolute atomic E-state index is 12.3. The van der Waals surface area contributed by atoms with E-state index in [1.54, 1.807) is 25.1 Å². The number of hydrogen-bond acceptors (Lipinski definition) is 1. The maximum atomic E-state index is 12.3. The summed E-state index contributed by atoms with van der Waals surface area (Å²) in [6.07, 6.45) is 0. The van der Waals surface area contributed by atoms with Gasteiger partial charge in [-0.15, -0.1) is 11.6 Å². The predicted molar refractivity (Wildman–Crippen MR) is 58.6 cm³/mol. The molecule has 4 heteroatoms. The van der Waals surface area contributed by atoms with Crippen LogP contribution >= 0.6 is 27.5 Å². The summed E-state index contributed by atoms with van der Waals surface area (Å²) in [5, 5.41) is -0.557. The van der Waals surface area contributed by atoms with Gasteiger partial charge in [0.15, 0.2) is 5.78 Å². The van der Waals surface area contributed by atoms with Crippen LogP contribution in [0.15, 0.2) is 22.7 Å². The first-order valence-corrected chi connectivity index (χ1v) is 5.32. The fraction of sp³-hybridized carbons (Fsp3) is 0.300. The maximum Gasteiger partial charge on any atom is 0.180 e. The molecule has 1 rings (SSSR count). The fourth-order valence-electron chi connectivity index (χ4n) is 1.04. The molecular formula is C10H9BrClFO. The molecule has 0 bridgehead atoms. The summed E-state index contributed by atoms with van der Waals surface area (Å²) in [6.45, 7) is 1.06. The van der Waals surface area contributed by atoms with Gasteiger partial charge in [-0.3, -0.25) is 4.79 Å². The van der Waals surface area contributed by atoms with E-state index in [1.165, 1.54) is 0 Å². The minimum absolute atomic E-state index is 0.155. The predicted octanol–water partition coefficient (Wildman–Crippen LogP) is 3.73. The van der Waals surface area contributed by atoms with Crippen LogP contribution in [-0.4, -0.2) is 11.2 Å². The average Bonchev–Trinajstić information content (AvgIpc) is 2.16. The number of ketones is 1. The summed E-state index contributed by atoms with van der Waals surface area (Å²) in [5.41, 5.74) is 1.03. The highest BCUT2D eigenvalue weighted by molar-refractivity contribution is 9.10. The van der Waals surface area contributed by atoms with Crippen molar-refractivity contribution in [3.63, 3.8) is 0 Å². The Morgan fingerprint density at radius 2 is 2.29 bits per heavy atom. The van der Waals surface area contributed by atoms with Gasteiger partial charge in [0.2, 0.25) is 0 Å². The first kappa shape index (κ1) is 11.7. The van der Waals surface area contributed by atoms with E-state index in [9.17, 15) is 9.18 Å². The van der Waals surface area contributed by atoms with Gasteiger partial charge in [0, 0.05) is 10.0 Å². The van der Waals surface area contributed by atoms with Crippen LogP contribution in [0.3, 0.4) is 0 Å². The van der Waals surface area contributed by atoms with E-state index in [0.717, 1.165) is 0 Å². The molecule has 0 radical (unpaired) electrons. The Balaban J connectivity index is 3.03. The number of rotatable bonds is 3. The van der Waals surface area contributed by atoms with Crippen molar-refractivity contribution in [2.75, 3.05) is 0 Å². The van der Waals surface area contributed by atoms with Crippen molar-refractivity contribution in [3.05, 3.63) is 33.8 Å². The lowest BCUT2D eigenvalue weighted by Crippen LogP contribution is -2.10. The minimum atomic E-state index is -0.557. The van der Waals surface area contributed by atoms with Crippen LogP contribution in [-0.2, 0) is 6.67 Å². The molecule has 14 heavy (non-hydrogen) atoms. The van der Waals surface area contributed by atoms with E-state index < -0.39 is 12.1 Å². The SMILES string of the molecule is CC(Cl)C(=O)c1ccc(CF)c(Br)c1. The van der Waals surface area contributed by atoms with Crippen molar-refractivity contribution in [2.45, 2.75) is 19.0 Å². The van der Waals surface area contributed by atoms with Crippen LogP contribution in [0.25, 0.3) is 0 Å². The lowest BCUT2D eigenvalue weighted by atomic mass is 10.1. The van der Waals surface area contributed by atoms with Crippen LogP contribution in [0.4, 0.5) is 4.39 Å². The summed E-state index contributed by atoms with van der Waals surface area (Å²) >= 11 is 8.84. The number of benzene rings is 1. The first-order valence-electron chi connectivity index (χ1n) is 4.09. The molecule has 1 atom stereocenters. The third-order valence-electron chi connectivity index (χ3n) is 1.84. The van der Waals surface area contributed by atoms with Crippen LogP contribution in [0.5, 0.6) is 0 Å². The van der Waals surface area contributed by atoms with Gasteiger partial charge < -0.3 is 0 Å². The molecule has 1 aromatic carbocycles. The second kappa shape index (κ2) is 4.89. The number of halogens is 3. The Hall–Kier alpha value is -0.410. The molecule has 0 saturated carbocycles. The van der Waals surface area contributed by atoms with E-state index in [0.29, 0.717) is 15.6 Å². The molecule has 0 N–H and O–H groups in total. The van der Waals surface area contributed by atoms with Gasteiger partial charge in [0.1, 0.15) is 6.67 Å². The molecule has 0 aromatic heterocycles. The first-order chi connectivity index (χ1) is 6.56. The molecule has 0 aliphatic rings. The van der Waals surface area contributed by atoms with Crippen molar-refractivity contribution < 1.29 is 9.18 Å². The quantitative estimate of drug-likeness (QED) is 0.609. The minimum Gasteiger partial charge on any atom is -0.293 e. The summed E-state index contributed by atoms with van der Waals surface area (Å²) in [5.74, 6) is -0.155. The third kappa shape index (κ3) is 2.55. The summed E-state index contributed by atoms with van der Waals surface area (Å²) in [6, 6.07) is 4.76. The summed E-state index contributed by atoms with van der Waals surface area (Å²) in [4.78, 5) is 11.4. The van der Waals surface area contributed by atoms with Crippen LogP contribution in [0, 0.1) is 0 Å². The van der Waals surface area contributed by atoms with Gasteiger partial charge in [-0.1, -0.05) is 28.1 Å². The highest BCUT2D eigenvalue weighted by Crippen LogP contribution is 2.21. The molecule has 0 saturated heterocycles. The highest BCUT2D eigenvalue weighted by atomic mass is 79.9. The number of carbonyl (C=O) groups is 1. The van der Waals surface area contributed by atoms with Gasteiger partial charge in [-0.25, -0.2) is 4.39 Å². The van der Waals surface area contributed by atoms with Crippen molar-refractivity contribution in [1.29, 1.82) is 0 Å². The Kier molecular flexibility index (Phi) is 4.08. The van der Waals surface area contributed by atoms with Gasteiger partial charge in [-0.2, -0.15) is 0 Å². The molecule has 76 valence electrons. The van der Waals surface area contributed by atoms with Gasteiger partial charge in [0.25, 0.3) is 0 Å². The summed E-state index contributed by atoms with van der Waals surface area (Å²) in [7, 11) is 0. The molecule has 1 aromatic rings. The Morgan fingerprint density at radius 1 is 1.64 bits per heavy atom. The zero-order valence-electron chi connectivity index (χ0n) is 7.56. The standard InChI is InChI=1S/C10H9BrClFO/c1-6(12)10(14)7-2-3-8(5-13)9(11)4-7/h2-4,6H,5H2,1H3. The topological polar surface area (TPSA) is 17.1 Å². The van der Waals surface area contributed by atoms with Crippen molar-refractivity contribution in [2.24, 2.45) is 0 Å². The Labute approximate surface area is 95.4 Å². The Bertz CT molecular complexity index is 352. The largest absolute Gasteiger partial charge is 0.293 e. The van der Waals surface area contributed by atoms with Crippen LogP contribution in [0.2, 0.25) is 0 Å². The number of alkyl halides is 2. The van der Waals surface area contributed by atoms with E-state index in [2.05, 4.69) is 15.9 Å². The third-order valence-corrected chi connectivity index (χ3v) is 2.78. The molecule has 0 aliphatic carbocycles. The zero-order valence-corrected chi connectivity index (χ0v) is 9.90. The monoisotopic (exact) mass is 278 g/mol. The lowest BCUT2D eigenvalue weighted by molar-refractivity contribution is 0.0991. The molecule has 0 aliphatic heterocycles. The number of Topliss-reactive ketones (excluding diaryl/α,β-unsaturated/α-hetero) is 1. The average molecular weight is 280 g/mol. The van der Waals surface area contributed by atoms with Gasteiger partial charge in [-0.05, 0) is 18.6 Å². The molecule has 0 fully saturated rings. The van der Waals surface area contributed by atoms with E-state index in [4.69, 9.17) is 11.6 Å². The molecule has 0 spiro atoms. The zero-order chi connectivity index (χ0) is 10.7. The van der Waals surface area contributed by atoms with Crippen LogP contribution < -0.4 is 0 Å². The second-order valence-corrected chi connectivity index (χ2v) is 4.43. The molecule has 0 amide bonds. The molecule has 0 heterocycles. The summed E-state index contributed by atoms with van der Waals surface area (Å²) < 4.78 is 12.9.